The lowest BCUT2D eigenvalue weighted by molar-refractivity contribution is -0.0817. The van der Waals surface area contributed by atoms with Crippen molar-refractivity contribution >= 4 is 16.0 Å². The third-order valence-corrected chi connectivity index (χ3v) is 6.70. The van der Waals surface area contributed by atoms with Crippen LogP contribution in [0.15, 0.2) is 4.99 Å². The molecule has 2 rings (SSSR count). The minimum atomic E-state index is -3.12. The van der Waals surface area contributed by atoms with Crippen LogP contribution in [0.25, 0.3) is 0 Å². The van der Waals surface area contributed by atoms with Gasteiger partial charge in [0.2, 0.25) is 10.0 Å². The summed E-state index contributed by atoms with van der Waals surface area (Å²) < 4.78 is 36.7. The van der Waals surface area contributed by atoms with Crippen LogP contribution in [0.5, 0.6) is 0 Å². The van der Waals surface area contributed by atoms with Gasteiger partial charge in [-0.2, -0.15) is 0 Å². The monoisotopic (exact) mass is 390 g/mol. The van der Waals surface area contributed by atoms with E-state index in [2.05, 4.69) is 17.1 Å². The summed E-state index contributed by atoms with van der Waals surface area (Å²) >= 11 is 0. The first-order chi connectivity index (χ1) is 12.5. The van der Waals surface area contributed by atoms with Gasteiger partial charge < -0.3 is 19.7 Å². The number of nitrogens with zero attached hydrogens (tertiary/aromatic N) is 3. The van der Waals surface area contributed by atoms with Crippen LogP contribution < -0.4 is 5.32 Å². The van der Waals surface area contributed by atoms with Gasteiger partial charge in [-0.05, 0) is 33.1 Å². The van der Waals surface area contributed by atoms with E-state index >= 15 is 0 Å². The molecular formula is C17H34N4O4S. The Bertz CT molecular complexity index is 549. The molecule has 0 saturated carbocycles. The topological polar surface area (TPSA) is 83.5 Å². The van der Waals surface area contributed by atoms with Crippen molar-refractivity contribution in [3.8, 4) is 0 Å². The molecule has 2 atom stereocenters. The summed E-state index contributed by atoms with van der Waals surface area (Å²) in [5, 5.41) is 3.34. The Kier molecular flexibility index (Phi) is 8.59. The van der Waals surface area contributed by atoms with Crippen molar-refractivity contribution in [2.45, 2.75) is 45.3 Å². The zero-order valence-electron chi connectivity index (χ0n) is 16.3. The molecule has 2 heterocycles. The van der Waals surface area contributed by atoms with Gasteiger partial charge in [0, 0.05) is 46.4 Å². The van der Waals surface area contributed by atoms with Gasteiger partial charge in [0.25, 0.3) is 0 Å². The third kappa shape index (κ3) is 6.07. The fourth-order valence-corrected chi connectivity index (χ4v) is 4.10. The van der Waals surface area contributed by atoms with Crippen LogP contribution in [-0.4, -0.2) is 94.5 Å². The summed E-state index contributed by atoms with van der Waals surface area (Å²) in [6, 6.07) is 0. The van der Waals surface area contributed by atoms with Gasteiger partial charge in [-0.15, -0.1) is 0 Å². The van der Waals surface area contributed by atoms with Crippen molar-refractivity contribution in [2.75, 3.05) is 58.7 Å². The molecule has 2 unspecified atom stereocenters. The molecule has 1 N–H and O–H groups in total. The summed E-state index contributed by atoms with van der Waals surface area (Å²) in [4.78, 5) is 6.92. The van der Waals surface area contributed by atoms with Gasteiger partial charge in [0.15, 0.2) is 5.96 Å². The first-order valence-corrected chi connectivity index (χ1v) is 11.3. The zero-order chi connectivity index (χ0) is 19.0. The number of nitrogens with one attached hydrogen (secondary N) is 1. The van der Waals surface area contributed by atoms with Gasteiger partial charge in [0.05, 0.1) is 18.5 Å². The normalized spacial score (nSPS) is 25.1. The average Bonchev–Trinajstić information content (AvgIpc) is 3.19. The second-order valence-electron chi connectivity index (χ2n) is 6.72. The van der Waals surface area contributed by atoms with E-state index in [4.69, 9.17) is 14.5 Å². The first kappa shape index (κ1) is 21.4. The summed E-state index contributed by atoms with van der Waals surface area (Å²) in [5.41, 5.74) is 0. The van der Waals surface area contributed by atoms with E-state index in [0.29, 0.717) is 26.1 Å². The molecule has 0 bridgehead atoms. The van der Waals surface area contributed by atoms with Crippen LogP contribution in [0.2, 0.25) is 0 Å². The third-order valence-electron chi connectivity index (χ3n) is 4.84. The minimum Gasteiger partial charge on any atom is -0.375 e. The molecule has 152 valence electrons. The predicted molar refractivity (Wildman–Crippen MR) is 103 cm³/mol. The van der Waals surface area contributed by atoms with Gasteiger partial charge in [0.1, 0.15) is 6.10 Å². The molecule has 8 nitrogen and oxygen atoms in total. The van der Waals surface area contributed by atoms with Gasteiger partial charge in [-0.1, -0.05) is 0 Å². The number of guanidine groups is 1. The highest BCUT2D eigenvalue weighted by atomic mass is 32.2. The number of ether oxygens (including phenoxy) is 2. The van der Waals surface area contributed by atoms with E-state index < -0.39 is 10.0 Å². The van der Waals surface area contributed by atoms with Crippen LogP contribution in [0.3, 0.4) is 0 Å². The fraction of sp³-hybridized carbons (Fsp3) is 0.941. The van der Waals surface area contributed by atoms with Crippen LogP contribution in [-0.2, 0) is 19.5 Å². The average molecular weight is 391 g/mol. The maximum atomic E-state index is 11.8. The van der Waals surface area contributed by atoms with E-state index in [0.717, 1.165) is 45.0 Å². The SMILES string of the molecule is CCNC(=NCCCN(C)S(=O)(=O)CC)N1CCOC(C2CCCO2)C1. The summed E-state index contributed by atoms with van der Waals surface area (Å²) in [5.74, 6) is 1.01. The van der Waals surface area contributed by atoms with Crippen molar-refractivity contribution in [3.05, 3.63) is 0 Å². The van der Waals surface area contributed by atoms with Crippen LogP contribution in [0.1, 0.15) is 33.1 Å². The highest BCUT2D eigenvalue weighted by molar-refractivity contribution is 7.89. The lowest BCUT2D eigenvalue weighted by atomic mass is 10.1. The summed E-state index contributed by atoms with van der Waals surface area (Å²) in [7, 11) is -1.49. The Balaban J connectivity index is 1.87. The first-order valence-electron chi connectivity index (χ1n) is 9.68. The predicted octanol–water partition coefficient (Wildman–Crippen LogP) is 0.503. The van der Waals surface area contributed by atoms with Crippen molar-refractivity contribution in [2.24, 2.45) is 4.99 Å². The number of sulfonamides is 1. The number of rotatable bonds is 8. The molecule has 0 aliphatic carbocycles. The highest BCUT2D eigenvalue weighted by Crippen LogP contribution is 2.21. The van der Waals surface area contributed by atoms with Crippen molar-refractivity contribution < 1.29 is 17.9 Å². The largest absolute Gasteiger partial charge is 0.375 e. The zero-order valence-corrected chi connectivity index (χ0v) is 17.1. The number of hydrogen-bond donors (Lipinski definition) is 1. The number of hydrogen-bond acceptors (Lipinski definition) is 5. The lowest BCUT2D eigenvalue weighted by Gasteiger charge is -2.37. The van der Waals surface area contributed by atoms with Crippen molar-refractivity contribution in [1.82, 2.24) is 14.5 Å². The van der Waals surface area contributed by atoms with E-state index in [1.807, 2.05) is 0 Å². The lowest BCUT2D eigenvalue weighted by Crippen LogP contribution is -2.53. The Morgan fingerprint density at radius 1 is 1.27 bits per heavy atom. The van der Waals surface area contributed by atoms with E-state index in [9.17, 15) is 8.42 Å². The molecule has 2 fully saturated rings. The number of morpholine rings is 1. The quantitative estimate of drug-likeness (QED) is 0.369. The van der Waals surface area contributed by atoms with Gasteiger partial charge >= 0.3 is 0 Å². The van der Waals surface area contributed by atoms with E-state index in [1.165, 1.54) is 4.31 Å². The molecule has 0 radical (unpaired) electrons. The summed E-state index contributed by atoms with van der Waals surface area (Å²) in [6.45, 7) is 8.67. The maximum Gasteiger partial charge on any atom is 0.213 e. The Morgan fingerprint density at radius 3 is 2.69 bits per heavy atom. The Morgan fingerprint density at radius 2 is 2.04 bits per heavy atom. The molecule has 0 aromatic rings. The molecule has 26 heavy (non-hydrogen) atoms. The second-order valence-corrected chi connectivity index (χ2v) is 9.08. The molecule has 0 aromatic heterocycles. The van der Waals surface area contributed by atoms with Crippen molar-refractivity contribution in [3.63, 3.8) is 0 Å². The fourth-order valence-electron chi connectivity index (χ4n) is 3.25. The van der Waals surface area contributed by atoms with Gasteiger partial charge in [-0.25, -0.2) is 12.7 Å². The van der Waals surface area contributed by atoms with E-state index in [1.54, 1.807) is 14.0 Å². The second kappa shape index (κ2) is 10.4. The molecule has 0 aromatic carbocycles. The van der Waals surface area contributed by atoms with Gasteiger partial charge in [-0.3, -0.25) is 4.99 Å². The van der Waals surface area contributed by atoms with E-state index in [-0.39, 0.29) is 18.0 Å². The molecule has 2 aliphatic rings. The molecule has 0 amide bonds. The van der Waals surface area contributed by atoms with Crippen LogP contribution >= 0.6 is 0 Å². The molecule has 2 saturated heterocycles. The number of aliphatic imine (C=N–C) groups is 1. The Hall–Kier alpha value is -0.900. The standard InChI is InChI=1S/C17H34N4O4S/c1-4-18-17(19-9-7-10-20(3)26(22,23)5-2)21-11-13-25-16(14-21)15-8-6-12-24-15/h15-16H,4-14H2,1-3H3,(H,18,19). The molecule has 9 heteroatoms. The minimum absolute atomic E-state index is 0.0935. The molecule has 0 spiro atoms. The smallest absolute Gasteiger partial charge is 0.213 e. The van der Waals surface area contributed by atoms with Crippen LogP contribution in [0, 0.1) is 0 Å². The maximum absolute atomic E-state index is 11.8. The molecular weight excluding hydrogens is 356 g/mol. The highest BCUT2D eigenvalue weighted by Gasteiger charge is 2.32. The summed E-state index contributed by atoms with van der Waals surface area (Å²) in [6.07, 6.45) is 3.14. The molecule has 2 aliphatic heterocycles. The van der Waals surface area contributed by atoms with Crippen molar-refractivity contribution in [1.29, 1.82) is 0 Å². The van der Waals surface area contributed by atoms with Crippen LogP contribution in [0.4, 0.5) is 0 Å². The Labute approximate surface area is 158 Å².